The van der Waals surface area contributed by atoms with E-state index < -0.39 is 0 Å². The Morgan fingerprint density at radius 3 is 2.85 bits per heavy atom. The number of rotatable bonds is 5. The second-order valence-electron chi connectivity index (χ2n) is 4.22. The van der Waals surface area contributed by atoms with Crippen LogP contribution in [0, 0.1) is 0 Å². The normalized spacial score (nSPS) is 10.1. The van der Waals surface area contributed by atoms with Crippen molar-refractivity contribution < 1.29 is 9.53 Å². The number of aryl methyl sites for hydroxylation is 1. The molecule has 0 atom stereocenters. The molecule has 0 aliphatic rings. The number of aromatic nitrogens is 1. The number of pyridine rings is 1. The Balaban J connectivity index is 1.90. The summed E-state index contributed by atoms with van der Waals surface area (Å²) in [4.78, 5) is 16.0. The molecule has 0 saturated carbocycles. The van der Waals surface area contributed by atoms with Crippen LogP contribution in [-0.4, -0.2) is 18.0 Å². The lowest BCUT2D eigenvalue weighted by Crippen LogP contribution is -2.12. The molecule has 1 aromatic carbocycles. The minimum Gasteiger partial charge on any atom is -0.495 e. The van der Waals surface area contributed by atoms with E-state index in [1.165, 1.54) is 0 Å². The van der Waals surface area contributed by atoms with Gasteiger partial charge in [-0.25, -0.2) is 0 Å². The molecular formula is C15H15ClN2O2. The van der Waals surface area contributed by atoms with Crippen molar-refractivity contribution in [3.63, 3.8) is 0 Å². The molecule has 1 amide bonds. The molecule has 0 aliphatic carbocycles. The lowest BCUT2D eigenvalue weighted by atomic mass is 10.2. The van der Waals surface area contributed by atoms with E-state index in [0.29, 0.717) is 29.3 Å². The third-order valence-corrected chi connectivity index (χ3v) is 3.07. The van der Waals surface area contributed by atoms with Crippen molar-refractivity contribution in [3.05, 3.63) is 53.3 Å². The predicted octanol–water partition coefficient (Wildman–Crippen LogP) is 3.31. The van der Waals surface area contributed by atoms with E-state index in [2.05, 4.69) is 10.3 Å². The SMILES string of the molecule is COc1ccc(NC(=O)CCc2ccccn2)cc1Cl. The molecule has 1 heterocycles. The zero-order chi connectivity index (χ0) is 14.4. The van der Waals surface area contributed by atoms with Gasteiger partial charge in [-0.1, -0.05) is 17.7 Å². The summed E-state index contributed by atoms with van der Waals surface area (Å²) in [6.45, 7) is 0. The Morgan fingerprint density at radius 1 is 1.35 bits per heavy atom. The average molecular weight is 291 g/mol. The van der Waals surface area contributed by atoms with Crippen molar-refractivity contribution in [1.29, 1.82) is 0 Å². The molecule has 0 bridgehead atoms. The van der Waals surface area contributed by atoms with Crippen LogP contribution in [0.3, 0.4) is 0 Å². The maximum atomic E-state index is 11.8. The zero-order valence-corrected chi connectivity index (χ0v) is 11.9. The third-order valence-electron chi connectivity index (χ3n) is 2.77. The van der Waals surface area contributed by atoms with Gasteiger partial charge in [0.05, 0.1) is 12.1 Å². The molecule has 5 heteroatoms. The van der Waals surface area contributed by atoms with E-state index in [0.717, 1.165) is 5.69 Å². The quantitative estimate of drug-likeness (QED) is 0.919. The topological polar surface area (TPSA) is 51.2 Å². The molecule has 2 rings (SSSR count). The van der Waals surface area contributed by atoms with Crippen LogP contribution in [0.1, 0.15) is 12.1 Å². The number of hydrogen-bond donors (Lipinski definition) is 1. The van der Waals surface area contributed by atoms with Crippen molar-refractivity contribution in [2.45, 2.75) is 12.8 Å². The number of nitrogens with one attached hydrogen (secondary N) is 1. The number of amides is 1. The maximum absolute atomic E-state index is 11.8. The smallest absolute Gasteiger partial charge is 0.224 e. The van der Waals surface area contributed by atoms with E-state index in [1.54, 1.807) is 31.5 Å². The summed E-state index contributed by atoms with van der Waals surface area (Å²) in [5.74, 6) is 0.509. The number of hydrogen-bond acceptors (Lipinski definition) is 3. The summed E-state index contributed by atoms with van der Waals surface area (Å²) in [5.41, 5.74) is 1.55. The van der Waals surface area contributed by atoms with Crippen LogP contribution in [0.4, 0.5) is 5.69 Å². The highest BCUT2D eigenvalue weighted by molar-refractivity contribution is 6.32. The minimum atomic E-state index is -0.0723. The van der Waals surface area contributed by atoms with Crippen molar-refractivity contribution in [3.8, 4) is 5.75 Å². The minimum absolute atomic E-state index is 0.0723. The summed E-state index contributed by atoms with van der Waals surface area (Å²) in [6.07, 6.45) is 2.70. The fourth-order valence-corrected chi connectivity index (χ4v) is 2.01. The Labute approximate surface area is 122 Å². The van der Waals surface area contributed by atoms with Crippen LogP contribution in [0.5, 0.6) is 5.75 Å². The summed E-state index contributed by atoms with van der Waals surface area (Å²) < 4.78 is 5.06. The molecule has 20 heavy (non-hydrogen) atoms. The maximum Gasteiger partial charge on any atom is 0.224 e. The van der Waals surface area contributed by atoms with Crippen molar-refractivity contribution in [2.24, 2.45) is 0 Å². The monoisotopic (exact) mass is 290 g/mol. The first-order valence-electron chi connectivity index (χ1n) is 6.22. The van der Waals surface area contributed by atoms with Crippen LogP contribution < -0.4 is 10.1 Å². The van der Waals surface area contributed by atoms with Gasteiger partial charge < -0.3 is 10.1 Å². The molecule has 0 fully saturated rings. The first-order valence-corrected chi connectivity index (χ1v) is 6.60. The molecule has 1 N–H and O–H groups in total. The van der Waals surface area contributed by atoms with Gasteiger partial charge in [0, 0.05) is 24.0 Å². The third kappa shape index (κ3) is 3.96. The summed E-state index contributed by atoms with van der Waals surface area (Å²) >= 11 is 6.00. The molecule has 0 saturated heterocycles. The molecule has 0 radical (unpaired) electrons. The molecule has 1 aromatic heterocycles. The molecule has 4 nitrogen and oxygen atoms in total. The van der Waals surface area contributed by atoms with Gasteiger partial charge in [0.1, 0.15) is 5.75 Å². The predicted molar refractivity (Wildman–Crippen MR) is 79.2 cm³/mol. The van der Waals surface area contributed by atoms with Crippen LogP contribution >= 0.6 is 11.6 Å². The zero-order valence-electron chi connectivity index (χ0n) is 11.1. The van der Waals surface area contributed by atoms with Gasteiger partial charge in [0.2, 0.25) is 5.91 Å². The summed E-state index contributed by atoms with van der Waals surface area (Å²) in [7, 11) is 1.55. The second kappa shape index (κ2) is 6.91. The van der Waals surface area contributed by atoms with E-state index in [4.69, 9.17) is 16.3 Å². The van der Waals surface area contributed by atoms with Crippen molar-refractivity contribution in [2.75, 3.05) is 12.4 Å². The highest BCUT2D eigenvalue weighted by Gasteiger charge is 2.06. The fourth-order valence-electron chi connectivity index (χ4n) is 1.76. The van der Waals surface area contributed by atoms with E-state index >= 15 is 0 Å². The Hall–Kier alpha value is -2.07. The lowest BCUT2D eigenvalue weighted by Gasteiger charge is -2.08. The van der Waals surface area contributed by atoms with Crippen LogP contribution in [0.15, 0.2) is 42.6 Å². The molecule has 0 spiro atoms. The fraction of sp³-hybridized carbons (Fsp3) is 0.200. The molecule has 0 aliphatic heterocycles. The van der Waals surface area contributed by atoms with Crippen molar-refractivity contribution >= 4 is 23.2 Å². The average Bonchev–Trinajstić information content (AvgIpc) is 2.46. The van der Waals surface area contributed by atoms with Gasteiger partial charge in [-0.05, 0) is 36.8 Å². The summed E-state index contributed by atoms with van der Waals surface area (Å²) in [6, 6.07) is 10.8. The van der Waals surface area contributed by atoms with Gasteiger partial charge in [-0.15, -0.1) is 0 Å². The number of anilines is 1. The molecule has 0 unspecified atom stereocenters. The van der Waals surface area contributed by atoms with E-state index in [-0.39, 0.29) is 5.91 Å². The first-order chi connectivity index (χ1) is 9.69. The largest absolute Gasteiger partial charge is 0.495 e. The number of ether oxygens (including phenoxy) is 1. The highest BCUT2D eigenvalue weighted by Crippen LogP contribution is 2.27. The molecular weight excluding hydrogens is 276 g/mol. The molecule has 2 aromatic rings. The van der Waals surface area contributed by atoms with Crippen LogP contribution in [-0.2, 0) is 11.2 Å². The number of carbonyl (C=O) groups excluding carboxylic acids is 1. The highest BCUT2D eigenvalue weighted by atomic mass is 35.5. The first kappa shape index (κ1) is 14.3. The van der Waals surface area contributed by atoms with Crippen LogP contribution in [0.2, 0.25) is 5.02 Å². The standard InChI is InChI=1S/C15H15ClN2O2/c1-20-14-7-5-12(10-13(14)16)18-15(19)8-6-11-4-2-3-9-17-11/h2-5,7,9-10H,6,8H2,1H3,(H,18,19). The van der Waals surface area contributed by atoms with Gasteiger partial charge in [0.25, 0.3) is 0 Å². The van der Waals surface area contributed by atoms with E-state index in [9.17, 15) is 4.79 Å². The van der Waals surface area contributed by atoms with Crippen molar-refractivity contribution in [1.82, 2.24) is 4.98 Å². The van der Waals surface area contributed by atoms with Gasteiger partial charge in [-0.3, -0.25) is 9.78 Å². The molecule has 104 valence electrons. The Bertz CT molecular complexity index is 588. The van der Waals surface area contributed by atoms with Gasteiger partial charge >= 0.3 is 0 Å². The number of carbonyl (C=O) groups is 1. The van der Waals surface area contributed by atoms with E-state index in [1.807, 2.05) is 18.2 Å². The van der Waals surface area contributed by atoms with Gasteiger partial charge in [-0.2, -0.15) is 0 Å². The lowest BCUT2D eigenvalue weighted by molar-refractivity contribution is -0.116. The van der Waals surface area contributed by atoms with Crippen LogP contribution in [0.25, 0.3) is 0 Å². The Kier molecular flexibility index (Phi) is 4.96. The summed E-state index contributed by atoms with van der Waals surface area (Å²) in [5, 5.41) is 3.27. The number of halogens is 1. The second-order valence-corrected chi connectivity index (χ2v) is 4.63. The number of benzene rings is 1. The van der Waals surface area contributed by atoms with Gasteiger partial charge in [0.15, 0.2) is 0 Å². The Morgan fingerprint density at radius 2 is 2.20 bits per heavy atom. The number of methoxy groups -OCH3 is 1. The number of nitrogens with zero attached hydrogens (tertiary/aromatic N) is 1.